The lowest BCUT2D eigenvalue weighted by Crippen LogP contribution is -2.15. The Kier molecular flexibility index (Phi) is 3.99. The third-order valence-electron chi connectivity index (χ3n) is 2.31. The fourth-order valence-electron chi connectivity index (χ4n) is 1.52. The number of nitrogens with one attached hydrogen (secondary N) is 1. The Bertz CT molecular complexity index is 366. The standard InChI is InChI=1S/C12H17N3/c1-3-4-9(2)15-12-7-10(8-13)5-6-11(12)14/h5-7,9,15H,3-4,14H2,1-2H3. The Labute approximate surface area is 90.9 Å². The third kappa shape index (κ3) is 3.17. The highest BCUT2D eigenvalue weighted by molar-refractivity contribution is 5.68. The van der Waals surface area contributed by atoms with Crippen molar-refractivity contribution < 1.29 is 0 Å². The monoisotopic (exact) mass is 203 g/mol. The highest BCUT2D eigenvalue weighted by Crippen LogP contribution is 2.21. The fraction of sp³-hybridized carbons (Fsp3) is 0.417. The van der Waals surface area contributed by atoms with Gasteiger partial charge in [0.15, 0.2) is 0 Å². The van der Waals surface area contributed by atoms with Crippen molar-refractivity contribution in [2.24, 2.45) is 0 Å². The summed E-state index contributed by atoms with van der Waals surface area (Å²) in [5.74, 6) is 0. The molecule has 3 nitrogen and oxygen atoms in total. The molecular weight excluding hydrogens is 186 g/mol. The second kappa shape index (κ2) is 5.26. The second-order valence-electron chi connectivity index (χ2n) is 3.75. The van der Waals surface area contributed by atoms with Gasteiger partial charge in [-0.1, -0.05) is 13.3 Å². The minimum atomic E-state index is 0.381. The normalized spacial score (nSPS) is 11.8. The van der Waals surface area contributed by atoms with Gasteiger partial charge in [0.25, 0.3) is 0 Å². The van der Waals surface area contributed by atoms with Gasteiger partial charge in [-0.25, -0.2) is 0 Å². The van der Waals surface area contributed by atoms with Crippen molar-refractivity contribution in [2.75, 3.05) is 11.1 Å². The van der Waals surface area contributed by atoms with Crippen molar-refractivity contribution in [1.82, 2.24) is 0 Å². The molecule has 0 aliphatic heterocycles. The molecule has 1 unspecified atom stereocenters. The molecule has 0 radical (unpaired) electrons. The van der Waals surface area contributed by atoms with Gasteiger partial charge in [0.05, 0.1) is 23.0 Å². The Hall–Kier alpha value is -1.69. The van der Waals surface area contributed by atoms with Crippen LogP contribution in [-0.4, -0.2) is 6.04 Å². The van der Waals surface area contributed by atoms with Gasteiger partial charge in [-0.05, 0) is 31.5 Å². The SMILES string of the molecule is CCCC(C)Nc1cc(C#N)ccc1N. The summed E-state index contributed by atoms with van der Waals surface area (Å²) in [5, 5.41) is 12.1. The lowest BCUT2D eigenvalue weighted by Gasteiger charge is -2.16. The van der Waals surface area contributed by atoms with Crippen molar-refractivity contribution in [2.45, 2.75) is 32.7 Å². The molecule has 0 saturated heterocycles. The van der Waals surface area contributed by atoms with Crippen molar-refractivity contribution in [3.63, 3.8) is 0 Å². The van der Waals surface area contributed by atoms with Crippen LogP contribution < -0.4 is 11.1 Å². The van der Waals surface area contributed by atoms with E-state index >= 15 is 0 Å². The largest absolute Gasteiger partial charge is 0.397 e. The van der Waals surface area contributed by atoms with E-state index in [9.17, 15) is 0 Å². The van der Waals surface area contributed by atoms with Crippen LogP contribution in [0.25, 0.3) is 0 Å². The first-order valence-electron chi connectivity index (χ1n) is 5.23. The van der Waals surface area contributed by atoms with E-state index in [0.29, 0.717) is 17.3 Å². The molecule has 1 rings (SSSR count). The molecule has 1 atom stereocenters. The zero-order chi connectivity index (χ0) is 11.3. The maximum Gasteiger partial charge on any atom is 0.0992 e. The smallest absolute Gasteiger partial charge is 0.0992 e. The zero-order valence-electron chi connectivity index (χ0n) is 9.25. The van der Waals surface area contributed by atoms with Gasteiger partial charge in [0, 0.05) is 6.04 Å². The minimum Gasteiger partial charge on any atom is -0.397 e. The van der Waals surface area contributed by atoms with Crippen LogP contribution >= 0.6 is 0 Å². The van der Waals surface area contributed by atoms with E-state index in [2.05, 4.69) is 25.2 Å². The molecule has 0 spiro atoms. The van der Waals surface area contributed by atoms with E-state index < -0.39 is 0 Å². The maximum absolute atomic E-state index is 8.77. The van der Waals surface area contributed by atoms with Crippen LogP contribution in [0.5, 0.6) is 0 Å². The summed E-state index contributed by atoms with van der Waals surface area (Å²) in [6.45, 7) is 4.26. The summed E-state index contributed by atoms with van der Waals surface area (Å²) >= 11 is 0. The van der Waals surface area contributed by atoms with Crippen LogP contribution in [0.2, 0.25) is 0 Å². The van der Waals surface area contributed by atoms with E-state index in [-0.39, 0.29) is 0 Å². The Morgan fingerprint density at radius 1 is 1.53 bits per heavy atom. The van der Waals surface area contributed by atoms with Gasteiger partial charge in [0.1, 0.15) is 0 Å². The minimum absolute atomic E-state index is 0.381. The van der Waals surface area contributed by atoms with E-state index in [1.54, 1.807) is 18.2 Å². The average molecular weight is 203 g/mol. The number of nitriles is 1. The van der Waals surface area contributed by atoms with Gasteiger partial charge >= 0.3 is 0 Å². The number of rotatable bonds is 4. The van der Waals surface area contributed by atoms with E-state index in [0.717, 1.165) is 18.5 Å². The summed E-state index contributed by atoms with van der Waals surface area (Å²) < 4.78 is 0. The molecule has 3 N–H and O–H groups in total. The summed E-state index contributed by atoms with van der Waals surface area (Å²) in [6.07, 6.45) is 2.22. The molecule has 0 aliphatic rings. The Morgan fingerprint density at radius 3 is 2.87 bits per heavy atom. The van der Waals surface area contributed by atoms with E-state index in [1.165, 1.54) is 0 Å². The molecule has 1 aromatic carbocycles. The molecule has 0 saturated carbocycles. The lowest BCUT2D eigenvalue weighted by atomic mass is 10.1. The zero-order valence-corrected chi connectivity index (χ0v) is 9.25. The maximum atomic E-state index is 8.77. The van der Waals surface area contributed by atoms with Crippen molar-refractivity contribution in [3.8, 4) is 6.07 Å². The number of benzene rings is 1. The van der Waals surface area contributed by atoms with Crippen LogP contribution in [0, 0.1) is 11.3 Å². The number of nitrogens with zero attached hydrogens (tertiary/aromatic N) is 1. The van der Waals surface area contributed by atoms with Crippen molar-refractivity contribution in [1.29, 1.82) is 5.26 Å². The molecule has 15 heavy (non-hydrogen) atoms. The molecular formula is C12H17N3. The predicted octanol–water partition coefficient (Wildman–Crippen LogP) is 2.74. The molecule has 3 heteroatoms. The summed E-state index contributed by atoms with van der Waals surface area (Å²) in [5.41, 5.74) is 8.00. The van der Waals surface area contributed by atoms with Crippen molar-refractivity contribution in [3.05, 3.63) is 23.8 Å². The van der Waals surface area contributed by atoms with E-state index in [1.807, 2.05) is 0 Å². The van der Waals surface area contributed by atoms with E-state index in [4.69, 9.17) is 11.0 Å². The first-order valence-corrected chi connectivity index (χ1v) is 5.23. The molecule has 1 aromatic rings. The molecule has 0 bridgehead atoms. The molecule has 0 aromatic heterocycles. The summed E-state index contributed by atoms with van der Waals surface area (Å²) in [4.78, 5) is 0. The molecule has 0 aliphatic carbocycles. The Morgan fingerprint density at radius 2 is 2.27 bits per heavy atom. The first kappa shape index (κ1) is 11.4. The molecule has 0 fully saturated rings. The van der Waals surface area contributed by atoms with Gasteiger partial charge in [-0.15, -0.1) is 0 Å². The highest BCUT2D eigenvalue weighted by Gasteiger charge is 2.04. The van der Waals surface area contributed by atoms with Crippen LogP contribution in [0.4, 0.5) is 11.4 Å². The molecule has 0 heterocycles. The first-order chi connectivity index (χ1) is 7.17. The topological polar surface area (TPSA) is 61.8 Å². The van der Waals surface area contributed by atoms with Gasteiger partial charge in [0.2, 0.25) is 0 Å². The molecule has 0 amide bonds. The highest BCUT2D eigenvalue weighted by atomic mass is 14.9. The van der Waals surface area contributed by atoms with Crippen LogP contribution in [0.1, 0.15) is 32.3 Å². The fourth-order valence-corrected chi connectivity index (χ4v) is 1.52. The Balaban J connectivity index is 2.80. The predicted molar refractivity (Wildman–Crippen MR) is 63.6 cm³/mol. The number of anilines is 2. The van der Waals surface area contributed by atoms with Crippen LogP contribution in [0.3, 0.4) is 0 Å². The summed E-state index contributed by atoms with van der Waals surface area (Å²) in [7, 11) is 0. The number of hydrogen-bond donors (Lipinski definition) is 2. The van der Waals surface area contributed by atoms with Gasteiger partial charge < -0.3 is 11.1 Å². The summed E-state index contributed by atoms with van der Waals surface area (Å²) in [6, 6.07) is 7.77. The molecule has 80 valence electrons. The number of nitrogen functional groups attached to an aromatic ring is 1. The second-order valence-corrected chi connectivity index (χ2v) is 3.75. The quantitative estimate of drug-likeness (QED) is 0.739. The van der Waals surface area contributed by atoms with Gasteiger partial charge in [-0.3, -0.25) is 0 Å². The number of nitrogens with two attached hydrogens (primary N) is 1. The van der Waals surface area contributed by atoms with Crippen LogP contribution in [0.15, 0.2) is 18.2 Å². The van der Waals surface area contributed by atoms with Crippen molar-refractivity contribution >= 4 is 11.4 Å². The third-order valence-corrected chi connectivity index (χ3v) is 2.31. The average Bonchev–Trinajstić information content (AvgIpc) is 2.21. The lowest BCUT2D eigenvalue weighted by molar-refractivity contribution is 0.691. The van der Waals surface area contributed by atoms with Crippen LogP contribution in [-0.2, 0) is 0 Å². The number of hydrogen-bond acceptors (Lipinski definition) is 3. The van der Waals surface area contributed by atoms with Gasteiger partial charge in [-0.2, -0.15) is 5.26 Å².